The van der Waals surface area contributed by atoms with Gasteiger partial charge in [-0.3, -0.25) is 0 Å². The highest BCUT2D eigenvalue weighted by Crippen LogP contribution is 2.27. The molecule has 0 saturated carbocycles. The molecule has 2 aromatic rings. The summed E-state index contributed by atoms with van der Waals surface area (Å²) in [6, 6.07) is 4.44. The normalized spacial score (nSPS) is 12.4. The molecule has 0 bridgehead atoms. The van der Waals surface area contributed by atoms with Crippen molar-refractivity contribution in [1.29, 1.82) is 0 Å². The number of hydrogen-bond acceptors (Lipinski definition) is 5. The van der Waals surface area contributed by atoms with E-state index in [1.165, 1.54) is 16.2 Å². The second-order valence-corrected chi connectivity index (χ2v) is 6.47. The van der Waals surface area contributed by atoms with Gasteiger partial charge in [-0.1, -0.05) is 17.4 Å². The van der Waals surface area contributed by atoms with Gasteiger partial charge in [0.05, 0.1) is 5.69 Å². The molecule has 102 valence electrons. The zero-order valence-electron chi connectivity index (χ0n) is 11.1. The van der Waals surface area contributed by atoms with Gasteiger partial charge in [-0.05, 0) is 25.3 Å². The first kappa shape index (κ1) is 14.0. The lowest BCUT2D eigenvalue weighted by molar-refractivity contribution is 0.0701. The van der Waals surface area contributed by atoms with Crippen molar-refractivity contribution in [2.75, 3.05) is 11.9 Å². The van der Waals surface area contributed by atoms with Crippen LogP contribution < -0.4 is 4.90 Å². The van der Waals surface area contributed by atoms with Gasteiger partial charge in [0.25, 0.3) is 0 Å². The van der Waals surface area contributed by atoms with E-state index in [-0.39, 0.29) is 6.04 Å². The third-order valence-electron chi connectivity index (χ3n) is 3.02. The molecule has 2 rings (SSSR count). The number of carbonyl (C=O) groups is 1. The fraction of sp³-hybridized carbons (Fsp3) is 0.385. The minimum absolute atomic E-state index is 0.283. The number of thiophene rings is 1. The minimum atomic E-state index is -0.902. The Hall–Kier alpha value is -1.40. The molecular formula is C13H16N2O2S2. The predicted molar refractivity (Wildman–Crippen MR) is 79.7 cm³/mol. The van der Waals surface area contributed by atoms with Crippen LogP contribution in [-0.2, 0) is 6.42 Å². The van der Waals surface area contributed by atoms with Crippen molar-refractivity contribution in [3.63, 3.8) is 0 Å². The molecule has 0 aliphatic heterocycles. The van der Waals surface area contributed by atoms with Crippen LogP contribution >= 0.6 is 22.7 Å². The lowest BCUT2D eigenvalue weighted by Gasteiger charge is -2.23. The smallest absolute Gasteiger partial charge is 0.347 e. The van der Waals surface area contributed by atoms with Gasteiger partial charge >= 0.3 is 5.97 Å². The maximum absolute atomic E-state index is 11.0. The standard InChI is InChI=1S/C13H16N2O2S2/c1-8(7-10-5-4-6-18-10)15(3)13-14-9(2)11(19-13)12(16)17/h4-6,8H,7H2,1-3H3,(H,16,17). The minimum Gasteiger partial charge on any atom is -0.477 e. The lowest BCUT2D eigenvalue weighted by atomic mass is 10.2. The Morgan fingerprint density at radius 1 is 1.58 bits per heavy atom. The van der Waals surface area contributed by atoms with Crippen molar-refractivity contribution >= 4 is 33.8 Å². The average molecular weight is 296 g/mol. The quantitative estimate of drug-likeness (QED) is 0.920. The molecule has 19 heavy (non-hydrogen) atoms. The lowest BCUT2D eigenvalue weighted by Crippen LogP contribution is -2.30. The number of hydrogen-bond donors (Lipinski definition) is 1. The third kappa shape index (κ3) is 3.13. The summed E-state index contributed by atoms with van der Waals surface area (Å²) in [4.78, 5) is 19.1. The Labute approximate surface area is 120 Å². The highest BCUT2D eigenvalue weighted by molar-refractivity contribution is 7.17. The van der Waals surface area contributed by atoms with Crippen molar-refractivity contribution in [1.82, 2.24) is 4.98 Å². The Balaban J connectivity index is 2.12. The molecule has 0 amide bonds. The molecule has 6 heteroatoms. The van der Waals surface area contributed by atoms with Crippen LogP contribution in [0.2, 0.25) is 0 Å². The van der Waals surface area contributed by atoms with Gasteiger partial charge in [-0.15, -0.1) is 11.3 Å². The fourth-order valence-electron chi connectivity index (χ4n) is 1.78. The maximum Gasteiger partial charge on any atom is 0.347 e. The summed E-state index contributed by atoms with van der Waals surface area (Å²) >= 11 is 2.97. The molecule has 4 nitrogen and oxygen atoms in total. The van der Waals surface area contributed by atoms with Crippen molar-refractivity contribution in [2.24, 2.45) is 0 Å². The highest BCUT2D eigenvalue weighted by atomic mass is 32.1. The first-order valence-corrected chi connectivity index (χ1v) is 7.64. The number of carboxylic acids is 1. The second-order valence-electron chi connectivity index (χ2n) is 4.46. The second kappa shape index (κ2) is 5.71. The number of likely N-dealkylation sites (N-methyl/N-ethyl adjacent to an activating group) is 1. The summed E-state index contributed by atoms with van der Waals surface area (Å²) in [5, 5.41) is 11.9. The third-order valence-corrected chi connectivity index (χ3v) is 5.15. The molecule has 1 unspecified atom stereocenters. The summed E-state index contributed by atoms with van der Waals surface area (Å²) in [6.45, 7) is 3.86. The molecule has 1 atom stereocenters. The van der Waals surface area contributed by atoms with Crippen LogP contribution in [0.1, 0.15) is 27.2 Å². The van der Waals surface area contributed by atoms with E-state index < -0.39 is 5.97 Å². The Morgan fingerprint density at radius 3 is 2.84 bits per heavy atom. The van der Waals surface area contributed by atoms with Crippen LogP contribution in [-0.4, -0.2) is 29.1 Å². The zero-order valence-corrected chi connectivity index (χ0v) is 12.7. The molecule has 1 N–H and O–H groups in total. The van der Waals surface area contributed by atoms with Crippen molar-refractivity contribution in [3.8, 4) is 0 Å². The molecule has 0 saturated heterocycles. The molecule has 0 radical (unpaired) electrons. The molecule has 0 spiro atoms. The van der Waals surface area contributed by atoms with Gasteiger partial charge in [0, 0.05) is 24.4 Å². The van der Waals surface area contributed by atoms with Gasteiger partial charge in [-0.25, -0.2) is 9.78 Å². The summed E-state index contributed by atoms with van der Waals surface area (Å²) < 4.78 is 0. The Kier molecular flexibility index (Phi) is 4.21. The monoisotopic (exact) mass is 296 g/mol. The van der Waals surface area contributed by atoms with Crippen molar-refractivity contribution < 1.29 is 9.90 Å². The Bertz CT molecular complexity index is 563. The van der Waals surface area contributed by atoms with Crippen LogP contribution in [0.3, 0.4) is 0 Å². The number of anilines is 1. The van der Waals surface area contributed by atoms with Crippen molar-refractivity contribution in [3.05, 3.63) is 33.0 Å². The number of carboxylic acid groups (broad SMARTS) is 1. The number of aromatic nitrogens is 1. The van der Waals surface area contributed by atoms with E-state index in [2.05, 4.69) is 23.4 Å². The molecule has 0 aromatic carbocycles. The number of aryl methyl sites for hydroxylation is 1. The van der Waals surface area contributed by atoms with E-state index in [0.717, 1.165) is 11.6 Å². The maximum atomic E-state index is 11.0. The molecule has 2 heterocycles. The van der Waals surface area contributed by atoms with Crippen LogP contribution in [0.15, 0.2) is 17.5 Å². The van der Waals surface area contributed by atoms with Crippen molar-refractivity contribution in [2.45, 2.75) is 26.3 Å². The number of rotatable bonds is 5. The van der Waals surface area contributed by atoms with Gasteiger partial charge in [-0.2, -0.15) is 0 Å². The average Bonchev–Trinajstić information content (AvgIpc) is 2.97. The van der Waals surface area contributed by atoms with Crippen LogP contribution in [0.5, 0.6) is 0 Å². The van der Waals surface area contributed by atoms with Gasteiger partial charge < -0.3 is 10.0 Å². The zero-order chi connectivity index (χ0) is 14.0. The number of nitrogens with zero attached hydrogens (tertiary/aromatic N) is 2. The largest absolute Gasteiger partial charge is 0.477 e. The van der Waals surface area contributed by atoms with E-state index in [0.29, 0.717) is 10.6 Å². The van der Waals surface area contributed by atoms with E-state index in [9.17, 15) is 4.79 Å². The van der Waals surface area contributed by atoms with Gasteiger partial charge in [0.1, 0.15) is 4.88 Å². The molecular weight excluding hydrogens is 280 g/mol. The summed E-state index contributed by atoms with van der Waals surface area (Å²) in [5.74, 6) is -0.902. The van der Waals surface area contributed by atoms with Crippen LogP contribution in [0, 0.1) is 6.92 Å². The first-order chi connectivity index (χ1) is 8.99. The molecule has 2 aromatic heterocycles. The topological polar surface area (TPSA) is 53.4 Å². The molecule has 0 fully saturated rings. The SMILES string of the molecule is Cc1nc(N(C)C(C)Cc2cccs2)sc1C(=O)O. The van der Waals surface area contributed by atoms with Gasteiger partial charge in [0.2, 0.25) is 0 Å². The van der Waals surface area contributed by atoms with Crippen LogP contribution in [0.4, 0.5) is 5.13 Å². The summed E-state index contributed by atoms with van der Waals surface area (Å²) in [5.41, 5.74) is 0.586. The molecule has 0 aliphatic carbocycles. The van der Waals surface area contributed by atoms with Crippen LogP contribution in [0.25, 0.3) is 0 Å². The number of aromatic carboxylic acids is 1. The van der Waals surface area contributed by atoms with E-state index in [1.54, 1.807) is 18.3 Å². The number of thiazole rings is 1. The summed E-state index contributed by atoms with van der Waals surface area (Å²) in [7, 11) is 1.96. The Morgan fingerprint density at radius 2 is 2.32 bits per heavy atom. The predicted octanol–water partition coefficient (Wildman–Crippen LogP) is 3.28. The fourth-order valence-corrected chi connectivity index (χ4v) is 3.57. The first-order valence-electron chi connectivity index (χ1n) is 5.95. The van der Waals surface area contributed by atoms with E-state index in [4.69, 9.17) is 5.11 Å². The molecule has 0 aliphatic rings. The highest BCUT2D eigenvalue weighted by Gasteiger charge is 2.19. The van der Waals surface area contributed by atoms with Gasteiger partial charge in [0.15, 0.2) is 5.13 Å². The van der Waals surface area contributed by atoms with E-state index in [1.807, 2.05) is 18.0 Å². The van der Waals surface area contributed by atoms with E-state index >= 15 is 0 Å². The summed E-state index contributed by atoms with van der Waals surface area (Å²) in [6.07, 6.45) is 0.940.